The number of aromatic nitrogens is 5. The van der Waals surface area contributed by atoms with Gasteiger partial charge in [-0.15, -0.1) is 10.2 Å². The first kappa shape index (κ1) is 19.9. The van der Waals surface area contributed by atoms with Gasteiger partial charge in [-0.1, -0.05) is 0 Å². The molecule has 0 saturated carbocycles. The number of hydrogen-bond donors (Lipinski definition) is 1. The Morgan fingerprint density at radius 3 is 2.55 bits per heavy atom. The second-order valence-electron chi connectivity index (χ2n) is 6.94. The molecule has 0 spiro atoms. The Morgan fingerprint density at radius 1 is 1.19 bits per heavy atom. The van der Waals surface area contributed by atoms with Crippen molar-refractivity contribution < 1.29 is 9.72 Å². The molecule has 0 bridgehead atoms. The molecule has 1 aliphatic rings. The Balaban J connectivity index is 1.36. The summed E-state index contributed by atoms with van der Waals surface area (Å²) in [5.74, 6) is 0.828. The van der Waals surface area contributed by atoms with E-state index in [9.17, 15) is 20.2 Å². The van der Waals surface area contributed by atoms with E-state index in [4.69, 9.17) is 0 Å². The molecule has 156 valence electrons. The molecule has 0 atom stereocenters. The third-order valence-corrected chi connectivity index (χ3v) is 5.07. The lowest BCUT2D eigenvalue weighted by molar-refractivity contribution is -0.384. The predicted octanol–water partition coefficient (Wildman–Crippen LogP) is 1.69. The Kier molecular flexibility index (Phi) is 5.48. The van der Waals surface area contributed by atoms with Crippen LogP contribution in [-0.2, 0) is 4.79 Å². The molecular formula is C19H17N9O3. The van der Waals surface area contributed by atoms with Crippen molar-refractivity contribution in [2.45, 2.75) is 12.8 Å². The van der Waals surface area contributed by atoms with Crippen LogP contribution in [-0.4, -0.2) is 48.9 Å². The summed E-state index contributed by atoms with van der Waals surface area (Å²) in [5, 5.41) is 35.2. The van der Waals surface area contributed by atoms with Crippen molar-refractivity contribution in [3.05, 3.63) is 58.7 Å². The minimum absolute atomic E-state index is 0.0581. The Bertz CT molecular complexity index is 1130. The number of nitro groups is 1. The van der Waals surface area contributed by atoms with Crippen molar-refractivity contribution >= 4 is 23.1 Å². The number of anilines is 2. The fraction of sp³-hybridized carbons (Fsp3) is 0.263. The van der Waals surface area contributed by atoms with Crippen molar-refractivity contribution in [1.82, 2.24) is 25.0 Å². The molecule has 1 N–H and O–H groups in total. The van der Waals surface area contributed by atoms with Crippen LogP contribution in [0.4, 0.5) is 17.2 Å². The zero-order valence-corrected chi connectivity index (χ0v) is 16.2. The molecule has 1 aromatic carbocycles. The first-order valence-corrected chi connectivity index (χ1v) is 9.48. The highest BCUT2D eigenvalue weighted by atomic mass is 16.6. The lowest BCUT2D eigenvalue weighted by Gasteiger charge is -2.31. The highest BCUT2D eigenvalue weighted by Gasteiger charge is 2.26. The third kappa shape index (κ3) is 4.30. The van der Waals surface area contributed by atoms with Crippen LogP contribution in [0.2, 0.25) is 0 Å². The SMILES string of the molecule is N#Cc1cc([N+](=O)[O-])ccc1NC(=O)C1CCN(c2ccc(-n3cncn3)nn2)CC1. The van der Waals surface area contributed by atoms with Crippen molar-refractivity contribution in [3.63, 3.8) is 0 Å². The van der Waals surface area contributed by atoms with E-state index in [1.165, 1.54) is 29.5 Å². The second-order valence-corrected chi connectivity index (χ2v) is 6.94. The second kappa shape index (κ2) is 8.54. The largest absolute Gasteiger partial charge is 0.355 e. The van der Waals surface area contributed by atoms with Gasteiger partial charge < -0.3 is 10.2 Å². The minimum atomic E-state index is -0.580. The van der Waals surface area contributed by atoms with Crippen molar-refractivity contribution in [1.29, 1.82) is 5.26 Å². The van der Waals surface area contributed by atoms with Crippen LogP contribution in [0.3, 0.4) is 0 Å². The van der Waals surface area contributed by atoms with Crippen molar-refractivity contribution in [2.24, 2.45) is 5.92 Å². The first-order valence-electron chi connectivity index (χ1n) is 9.48. The van der Waals surface area contributed by atoms with E-state index < -0.39 is 4.92 Å². The van der Waals surface area contributed by atoms with E-state index in [0.29, 0.717) is 37.6 Å². The number of nitro benzene ring substituents is 1. The van der Waals surface area contributed by atoms with Crippen molar-refractivity contribution in [3.8, 4) is 11.9 Å². The summed E-state index contributed by atoms with van der Waals surface area (Å²) in [6.45, 7) is 1.25. The predicted molar refractivity (Wildman–Crippen MR) is 108 cm³/mol. The molecule has 0 unspecified atom stereocenters. The van der Waals surface area contributed by atoms with Gasteiger partial charge in [-0.05, 0) is 31.0 Å². The average Bonchev–Trinajstić information content (AvgIpc) is 3.34. The van der Waals surface area contributed by atoms with Gasteiger partial charge in [0.25, 0.3) is 5.69 Å². The zero-order valence-electron chi connectivity index (χ0n) is 16.2. The van der Waals surface area contributed by atoms with E-state index in [1.807, 2.05) is 12.1 Å². The van der Waals surface area contributed by atoms with Crippen molar-refractivity contribution in [2.75, 3.05) is 23.3 Å². The molecule has 2 aromatic heterocycles. The van der Waals surface area contributed by atoms with E-state index >= 15 is 0 Å². The number of amides is 1. The number of hydrogen-bond acceptors (Lipinski definition) is 9. The standard InChI is InChI=1S/C19H17N9O3/c20-10-14-9-15(28(30)31)1-2-16(14)23-19(29)13-5-7-26(8-6-13)17-3-4-18(25-24-17)27-12-21-11-22-27/h1-4,9,11-13H,5-8H2,(H,23,29). The quantitative estimate of drug-likeness (QED) is 0.480. The number of piperidine rings is 1. The van der Waals surface area contributed by atoms with Crippen LogP contribution >= 0.6 is 0 Å². The number of rotatable bonds is 5. The van der Waals surface area contributed by atoms with Gasteiger partial charge in [0, 0.05) is 31.1 Å². The van der Waals surface area contributed by atoms with Crippen LogP contribution in [0.25, 0.3) is 5.82 Å². The lowest BCUT2D eigenvalue weighted by Crippen LogP contribution is -2.38. The third-order valence-electron chi connectivity index (χ3n) is 5.07. The van der Waals surface area contributed by atoms with Crippen LogP contribution in [0.15, 0.2) is 43.0 Å². The van der Waals surface area contributed by atoms with E-state index in [-0.39, 0.29) is 28.8 Å². The number of carbonyl (C=O) groups is 1. The van der Waals surface area contributed by atoms with Gasteiger partial charge in [0.2, 0.25) is 5.91 Å². The smallest absolute Gasteiger partial charge is 0.270 e. The van der Waals surface area contributed by atoms with E-state index in [1.54, 1.807) is 6.07 Å². The average molecular weight is 419 g/mol. The zero-order chi connectivity index (χ0) is 21.8. The van der Waals surface area contributed by atoms with E-state index in [0.717, 1.165) is 6.07 Å². The number of benzene rings is 1. The van der Waals surface area contributed by atoms with Gasteiger partial charge in [-0.2, -0.15) is 10.4 Å². The van der Waals surface area contributed by atoms with E-state index in [2.05, 4.69) is 30.5 Å². The molecule has 12 heteroatoms. The first-order chi connectivity index (χ1) is 15.0. The molecule has 31 heavy (non-hydrogen) atoms. The maximum Gasteiger partial charge on any atom is 0.270 e. The molecule has 4 rings (SSSR count). The summed E-state index contributed by atoms with van der Waals surface area (Å²) in [4.78, 5) is 28.9. The number of nitriles is 1. The number of nitrogens with one attached hydrogen (secondary N) is 1. The van der Waals surface area contributed by atoms with Gasteiger partial charge in [-0.25, -0.2) is 9.67 Å². The summed E-state index contributed by atoms with van der Waals surface area (Å²) in [6, 6.07) is 9.34. The Labute approximate surface area is 176 Å². The normalized spacial score (nSPS) is 14.1. The molecule has 12 nitrogen and oxygen atoms in total. The molecule has 1 amide bonds. The molecule has 3 aromatic rings. The molecule has 0 radical (unpaired) electrons. The number of carbonyl (C=O) groups excluding carboxylic acids is 1. The molecule has 1 saturated heterocycles. The maximum absolute atomic E-state index is 12.7. The highest BCUT2D eigenvalue weighted by molar-refractivity contribution is 5.94. The minimum Gasteiger partial charge on any atom is -0.355 e. The fourth-order valence-electron chi connectivity index (χ4n) is 3.39. The molecular weight excluding hydrogens is 402 g/mol. The summed E-state index contributed by atoms with van der Waals surface area (Å²) >= 11 is 0. The lowest BCUT2D eigenvalue weighted by atomic mass is 9.95. The fourth-order valence-corrected chi connectivity index (χ4v) is 3.39. The van der Waals surface area contributed by atoms with Gasteiger partial charge in [-0.3, -0.25) is 14.9 Å². The summed E-state index contributed by atoms with van der Waals surface area (Å²) in [5.41, 5.74) is 0.136. The number of nitrogens with zero attached hydrogens (tertiary/aromatic N) is 8. The maximum atomic E-state index is 12.7. The summed E-state index contributed by atoms with van der Waals surface area (Å²) in [6.07, 6.45) is 4.17. The van der Waals surface area contributed by atoms with Gasteiger partial charge in [0.05, 0.1) is 16.2 Å². The highest BCUT2D eigenvalue weighted by Crippen LogP contribution is 2.25. The molecule has 1 fully saturated rings. The molecule has 1 aliphatic heterocycles. The monoisotopic (exact) mass is 419 g/mol. The van der Waals surface area contributed by atoms with Gasteiger partial charge >= 0.3 is 0 Å². The van der Waals surface area contributed by atoms with Crippen LogP contribution in [0.1, 0.15) is 18.4 Å². The van der Waals surface area contributed by atoms with Crippen LogP contribution in [0, 0.1) is 27.4 Å². The summed E-state index contributed by atoms with van der Waals surface area (Å²) in [7, 11) is 0. The van der Waals surface area contributed by atoms with Crippen LogP contribution in [0.5, 0.6) is 0 Å². The molecule has 3 heterocycles. The van der Waals surface area contributed by atoms with Gasteiger partial charge in [0.1, 0.15) is 18.7 Å². The molecule has 0 aliphatic carbocycles. The van der Waals surface area contributed by atoms with Crippen LogP contribution < -0.4 is 10.2 Å². The Hall–Kier alpha value is -4.40. The van der Waals surface area contributed by atoms with Gasteiger partial charge in [0.15, 0.2) is 11.6 Å². The number of non-ortho nitro benzene ring substituents is 1. The summed E-state index contributed by atoms with van der Waals surface area (Å²) < 4.78 is 1.51. The topological polar surface area (TPSA) is 156 Å². The Morgan fingerprint density at radius 2 is 1.94 bits per heavy atom.